The fourth-order valence-corrected chi connectivity index (χ4v) is 7.60. The molecule has 0 unspecified atom stereocenters. The second kappa shape index (κ2) is 11.5. The van der Waals surface area contributed by atoms with Crippen molar-refractivity contribution < 1.29 is 18.3 Å². The third kappa shape index (κ3) is 5.40. The highest BCUT2D eigenvalue weighted by atomic mass is 32.2. The largest absolute Gasteiger partial charge is 0.488 e. The fraction of sp³-hybridized carbons (Fsp3) is 0.303. The van der Waals surface area contributed by atoms with Gasteiger partial charge in [-0.25, -0.2) is 13.6 Å². The van der Waals surface area contributed by atoms with Crippen LogP contribution in [0.1, 0.15) is 19.4 Å². The van der Waals surface area contributed by atoms with Gasteiger partial charge in [-0.15, -0.1) is 11.8 Å². The summed E-state index contributed by atoms with van der Waals surface area (Å²) >= 11 is 1.58. The van der Waals surface area contributed by atoms with E-state index in [1.807, 2.05) is 31.7 Å². The molecule has 3 heterocycles. The number of thioether (sulfide) groups is 1. The minimum atomic E-state index is -0.405. The number of carbonyl (C=O) groups excluding carboxylic acids is 1. The Morgan fingerprint density at radius 3 is 2.28 bits per heavy atom. The van der Waals surface area contributed by atoms with Crippen molar-refractivity contribution in [3.8, 4) is 16.9 Å². The number of nitrogens with zero attached hydrogens (tertiary/aromatic N) is 4. The molecule has 222 valence electrons. The summed E-state index contributed by atoms with van der Waals surface area (Å²) in [7, 11) is 0. The van der Waals surface area contributed by atoms with Crippen molar-refractivity contribution in [2.24, 2.45) is 0 Å². The Kier molecular flexibility index (Phi) is 7.72. The Hall–Kier alpha value is -4.18. The average molecular weight is 603 g/mol. The highest BCUT2D eigenvalue weighted by molar-refractivity contribution is 7.99. The minimum absolute atomic E-state index is 0.119. The average Bonchev–Trinajstić information content (AvgIpc) is 3.17. The molecule has 0 saturated carbocycles. The van der Waals surface area contributed by atoms with Crippen molar-refractivity contribution >= 4 is 34.4 Å². The van der Waals surface area contributed by atoms with Crippen molar-refractivity contribution in [1.82, 2.24) is 14.5 Å². The second-order valence-corrected chi connectivity index (χ2v) is 12.2. The molecule has 1 fully saturated rings. The third-order valence-corrected chi connectivity index (χ3v) is 9.32. The molecule has 0 radical (unpaired) electrons. The van der Waals surface area contributed by atoms with E-state index in [0.717, 1.165) is 32.5 Å². The van der Waals surface area contributed by atoms with Crippen molar-refractivity contribution in [3.63, 3.8) is 0 Å². The molecule has 6 rings (SSSR count). The van der Waals surface area contributed by atoms with E-state index in [9.17, 15) is 18.4 Å². The Balaban J connectivity index is 1.50. The highest BCUT2D eigenvalue weighted by Crippen LogP contribution is 2.44. The van der Waals surface area contributed by atoms with Crippen LogP contribution in [0, 0.1) is 18.6 Å². The van der Waals surface area contributed by atoms with Crippen LogP contribution in [0.25, 0.3) is 22.0 Å². The van der Waals surface area contributed by atoms with Crippen molar-refractivity contribution in [2.75, 3.05) is 23.7 Å². The number of amides is 1. The smallest absolute Gasteiger partial charge is 0.350 e. The number of piperazine rings is 1. The van der Waals surface area contributed by atoms with Gasteiger partial charge in [-0.1, -0.05) is 18.7 Å². The monoisotopic (exact) mass is 602 g/mol. The predicted molar refractivity (Wildman–Crippen MR) is 166 cm³/mol. The predicted octanol–water partition coefficient (Wildman–Crippen LogP) is 5.82. The molecule has 4 aromatic rings. The fourth-order valence-electron chi connectivity index (χ4n) is 6.29. The zero-order valence-electron chi connectivity index (χ0n) is 24.2. The van der Waals surface area contributed by atoms with Crippen LogP contribution >= 0.6 is 11.8 Å². The molecule has 7 nitrogen and oxygen atoms in total. The van der Waals surface area contributed by atoms with E-state index in [1.165, 1.54) is 30.3 Å². The van der Waals surface area contributed by atoms with E-state index >= 15 is 0 Å². The number of benzene rings is 3. The first-order chi connectivity index (χ1) is 20.6. The number of rotatable bonds is 5. The van der Waals surface area contributed by atoms with Crippen molar-refractivity contribution in [3.05, 3.63) is 94.9 Å². The lowest BCUT2D eigenvalue weighted by atomic mass is 9.97. The molecule has 0 spiro atoms. The first-order valence-electron chi connectivity index (χ1n) is 14.2. The molecule has 3 aromatic carbocycles. The number of anilines is 1. The minimum Gasteiger partial charge on any atom is -0.488 e. The van der Waals surface area contributed by atoms with Crippen LogP contribution in [0.15, 0.2) is 76.9 Å². The molecular formula is C33H32F2N4O3S. The summed E-state index contributed by atoms with van der Waals surface area (Å²) in [5, 5.41) is 0.829. The van der Waals surface area contributed by atoms with Gasteiger partial charge in [0, 0.05) is 46.8 Å². The zero-order chi connectivity index (χ0) is 30.4. The number of carbonyl (C=O) groups is 1. The molecule has 0 N–H and O–H groups in total. The molecule has 3 atom stereocenters. The molecule has 10 heteroatoms. The van der Waals surface area contributed by atoms with Gasteiger partial charge < -0.3 is 14.5 Å². The summed E-state index contributed by atoms with van der Waals surface area (Å²) in [6, 6.07) is 14.0. The first kappa shape index (κ1) is 28.9. The van der Waals surface area contributed by atoms with Crippen LogP contribution in [0.3, 0.4) is 0 Å². The summed E-state index contributed by atoms with van der Waals surface area (Å²) in [6.45, 7) is 10.9. The van der Waals surface area contributed by atoms with Gasteiger partial charge in [0.15, 0.2) is 0 Å². The Labute approximate surface area is 252 Å². The van der Waals surface area contributed by atoms with Crippen LogP contribution in [-0.2, 0) is 11.3 Å². The van der Waals surface area contributed by atoms with Gasteiger partial charge in [0.25, 0.3) is 0 Å². The maximum atomic E-state index is 13.9. The SMILES string of the molecule is C=CC(=O)N1[C@H](C)CN(c2nc(=O)n3c4c(c(-c5ccc(F)cc5)c(C)cc24)SC[C@@H](Oc2ccc(F)cc2)C3)C[C@@H]1C. The quantitative estimate of drug-likeness (QED) is 0.269. The number of aromatic nitrogens is 2. The lowest BCUT2D eigenvalue weighted by Gasteiger charge is -2.44. The first-order valence-corrected chi connectivity index (χ1v) is 15.2. The zero-order valence-corrected chi connectivity index (χ0v) is 25.0. The number of ether oxygens (including phenoxy) is 1. The van der Waals surface area contributed by atoms with Crippen LogP contribution in [-0.4, -0.2) is 57.4 Å². The lowest BCUT2D eigenvalue weighted by Crippen LogP contribution is -2.58. The van der Waals surface area contributed by atoms with Crippen LogP contribution < -0.4 is 15.3 Å². The van der Waals surface area contributed by atoms with E-state index in [-0.39, 0.29) is 36.2 Å². The lowest BCUT2D eigenvalue weighted by molar-refractivity contribution is -0.130. The Morgan fingerprint density at radius 2 is 1.65 bits per heavy atom. The third-order valence-electron chi connectivity index (χ3n) is 8.09. The maximum absolute atomic E-state index is 13.9. The number of aryl methyl sites for hydroxylation is 1. The van der Waals surface area contributed by atoms with Gasteiger partial charge in [0.05, 0.1) is 12.1 Å². The highest BCUT2D eigenvalue weighted by Gasteiger charge is 2.35. The molecule has 2 aliphatic rings. The summed E-state index contributed by atoms with van der Waals surface area (Å²) in [6.07, 6.45) is 0.938. The molecular weight excluding hydrogens is 570 g/mol. The summed E-state index contributed by atoms with van der Waals surface area (Å²) in [5.74, 6) is 0.812. The molecule has 2 aliphatic heterocycles. The summed E-state index contributed by atoms with van der Waals surface area (Å²) in [4.78, 5) is 35.8. The van der Waals surface area contributed by atoms with E-state index in [4.69, 9.17) is 4.74 Å². The van der Waals surface area contributed by atoms with E-state index in [0.29, 0.717) is 30.4 Å². The molecule has 1 aromatic heterocycles. The summed E-state index contributed by atoms with van der Waals surface area (Å²) < 4.78 is 35.3. The topological polar surface area (TPSA) is 67.7 Å². The van der Waals surface area contributed by atoms with Gasteiger partial charge in [0.2, 0.25) is 5.91 Å². The van der Waals surface area contributed by atoms with Gasteiger partial charge in [0.1, 0.15) is 29.3 Å². The van der Waals surface area contributed by atoms with E-state index < -0.39 is 11.8 Å². The molecule has 0 bridgehead atoms. The number of hydrogen-bond acceptors (Lipinski definition) is 6. The molecule has 1 saturated heterocycles. The van der Waals surface area contributed by atoms with Gasteiger partial charge in [-0.2, -0.15) is 4.98 Å². The second-order valence-electron chi connectivity index (χ2n) is 11.2. The van der Waals surface area contributed by atoms with Crippen LogP contribution in [0.2, 0.25) is 0 Å². The van der Waals surface area contributed by atoms with Crippen LogP contribution in [0.5, 0.6) is 5.75 Å². The van der Waals surface area contributed by atoms with Crippen molar-refractivity contribution in [1.29, 1.82) is 0 Å². The van der Waals surface area contributed by atoms with Gasteiger partial charge >= 0.3 is 5.69 Å². The van der Waals surface area contributed by atoms with Gasteiger partial charge in [-0.05, 0) is 80.4 Å². The molecule has 0 aliphatic carbocycles. The van der Waals surface area contributed by atoms with E-state index in [1.54, 1.807) is 40.6 Å². The maximum Gasteiger partial charge on any atom is 0.350 e. The normalized spacial score (nSPS) is 20.2. The van der Waals surface area contributed by atoms with Gasteiger partial charge in [-0.3, -0.25) is 9.36 Å². The number of hydrogen-bond donors (Lipinski definition) is 0. The molecule has 1 amide bonds. The van der Waals surface area contributed by atoms with E-state index in [2.05, 4.69) is 16.5 Å². The standard InChI is InChI=1S/C33H32F2N4O3S/c1-5-28(40)39-20(3)15-37(16-21(39)4)32-27-14-19(2)29(22-6-8-23(34)9-7-22)31-30(27)38(33(41)36-32)17-26(18-43-31)42-25-12-10-24(35)11-13-25/h5-14,20-21,26H,1,15-18H2,2-4H3/t20-,21+,26-/m0/s1. The Bertz CT molecular complexity index is 1760. The number of halogens is 2. The van der Waals surface area contributed by atoms with Crippen molar-refractivity contribution in [2.45, 2.75) is 50.4 Å². The van der Waals surface area contributed by atoms with Crippen LogP contribution in [0.4, 0.5) is 14.6 Å². The summed E-state index contributed by atoms with van der Waals surface area (Å²) in [5.41, 5.74) is 3.08. The Morgan fingerprint density at radius 1 is 1.02 bits per heavy atom. The molecule has 43 heavy (non-hydrogen) atoms.